The summed E-state index contributed by atoms with van der Waals surface area (Å²) in [4.78, 5) is 26.6. The van der Waals surface area contributed by atoms with Gasteiger partial charge in [0.1, 0.15) is 0 Å². The van der Waals surface area contributed by atoms with Gasteiger partial charge in [-0.1, -0.05) is 18.2 Å². The minimum atomic E-state index is -1.73. The van der Waals surface area contributed by atoms with E-state index in [-0.39, 0.29) is 12.5 Å². The average Bonchev–Trinajstić information content (AvgIpc) is 3.26. The first-order chi connectivity index (χ1) is 13.8. The van der Waals surface area contributed by atoms with Crippen molar-refractivity contribution in [2.24, 2.45) is 0 Å². The van der Waals surface area contributed by atoms with Crippen molar-refractivity contribution in [1.29, 1.82) is 0 Å². The highest BCUT2D eigenvalue weighted by Gasteiger charge is 2.37. The van der Waals surface area contributed by atoms with E-state index in [4.69, 9.17) is 0 Å². The van der Waals surface area contributed by atoms with Crippen LogP contribution in [0.25, 0.3) is 5.69 Å². The summed E-state index contributed by atoms with van der Waals surface area (Å²) in [5, 5.41) is 17.8. The minimum absolute atomic E-state index is 0.0863. The Labute approximate surface area is 168 Å². The molecule has 2 amide bonds. The number of hydrogen-bond donors (Lipinski definition) is 2. The van der Waals surface area contributed by atoms with Crippen molar-refractivity contribution < 1.29 is 14.7 Å². The fourth-order valence-corrected chi connectivity index (χ4v) is 3.41. The second-order valence-electron chi connectivity index (χ2n) is 7.49. The maximum absolute atomic E-state index is 12.6. The topological polar surface area (TPSA) is 87.5 Å². The molecular formula is C22H22N4O3. The highest BCUT2D eigenvalue weighted by Crippen LogP contribution is 2.24. The van der Waals surface area contributed by atoms with Gasteiger partial charge < -0.3 is 15.3 Å². The normalized spacial score (nSPS) is 15.1. The van der Waals surface area contributed by atoms with Crippen LogP contribution in [0.4, 0.5) is 5.69 Å². The van der Waals surface area contributed by atoms with Crippen molar-refractivity contribution in [3.63, 3.8) is 0 Å². The van der Waals surface area contributed by atoms with Gasteiger partial charge in [-0.3, -0.25) is 9.59 Å². The second-order valence-corrected chi connectivity index (χ2v) is 7.49. The second kappa shape index (κ2) is 7.18. The van der Waals surface area contributed by atoms with Gasteiger partial charge in [-0.2, -0.15) is 5.10 Å². The molecule has 0 saturated carbocycles. The van der Waals surface area contributed by atoms with Crippen molar-refractivity contribution in [3.05, 3.63) is 77.6 Å². The number of nitrogens with one attached hydrogen (secondary N) is 1. The summed E-state index contributed by atoms with van der Waals surface area (Å²) in [5.41, 5.74) is 2.13. The molecule has 0 saturated heterocycles. The van der Waals surface area contributed by atoms with Crippen molar-refractivity contribution in [2.75, 3.05) is 11.9 Å². The van der Waals surface area contributed by atoms with Crippen LogP contribution in [0.1, 0.15) is 28.5 Å². The molecule has 7 nitrogen and oxygen atoms in total. The third kappa shape index (κ3) is 3.77. The smallest absolute Gasteiger partial charge is 0.257 e. The SMILES string of the molecule is Cc1ccn(-c2ccc(NC(=O)C(C)(O)CN3Cc4ccccc4C3=O)cc2)n1. The van der Waals surface area contributed by atoms with Gasteiger partial charge in [0.05, 0.1) is 17.9 Å². The number of carbonyl (C=O) groups is 2. The average molecular weight is 390 g/mol. The van der Waals surface area contributed by atoms with E-state index in [1.54, 1.807) is 28.9 Å². The third-order valence-corrected chi connectivity index (χ3v) is 5.00. The molecule has 4 rings (SSSR count). The van der Waals surface area contributed by atoms with Crippen LogP contribution in [0.15, 0.2) is 60.8 Å². The molecule has 0 fully saturated rings. The number of rotatable bonds is 5. The third-order valence-electron chi connectivity index (χ3n) is 5.00. The molecule has 2 N–H and O–H groups in total. The van der Waals surface area contributed by atoms with E-state index < -0.39 is 11.5 Å². The van der Waals surface area contributed by atoms with Gasteiger partial charge in [0.2, 0.25) is 0 Å². The lowest BCUT2D eigenvalue weighted by Crippen LogP contribution is -2.49. The molecule has 2 aromatic carbocycles. The highest BCUT2D eigenvalue weighted by molar-refractivity contribution is 6.00. The molecule has 0 bridgehead atoms. The summed E-state index contributed by atoms with van der Waals surface area (Å²) < 4.78 is 1.74. The number of fused-ring (bicyclic) bond motifs is 1. The quantitative estimate of drug-likeness (QED) is 0.701. The molecule has 29 heavy (non-hydrogen) atoms. The van der Waals surface area contributed by atoms with E-state index in [1.807, 2.05) is 43.5 Å². The zero-order valence-corrected chi connectivity index (χ0v) is 16.3. The molecule has 0 spiro atoms. The number of aliphatic hydroxyl groups is 1. The molecule has 1 atom stereocenters. The Morgan fingerprint density at radius 2 is 1.90 bits per heavy atom. The lowest BCUT2D eigenvalue weighted by atomic mass is 10.1. The molecule has 3 aromatic rings. The number of nitrogens with zero attached hydrogens (tertiary/aromatic N) is 3. The van der Waals surface area contributed by atoms with E-state index >= 15 is 0 Å². The van der Waals surface area contributed by atoms with Gasteiger partial charge in [-0.05, 0) is 55.8 Å². The van der Waals surface area contributed by atoms with Gasteiger partial charge >= 0.3 is 0 Å². The summed E-state index contributed by atoms with van der Waals surface area (Å²) in [6.45, 7) is 3.63. The van der Waals surface area contributed by atoms with Crippen LogP contribution in [0.2, 0.25) is 0 Å². The molecule has 148 valence electrons. The van der Waals surface area contributed by atoms with Crippen molar-refractivity contribution >= 4 is 17.5 Å². The number of aryl methyl sites for hydroxylation is 1. The molecule has 2 heterocycles. The van der Waals surface area contributed by atoms with Gasteiger partial charge in [0.15, 0.2) is 5.60 Å². The lowest BCUT2D eigenvalue weighted by Gasteiger charge is -2.27. The van der Waals surface area contributed by atoms with Crippen LogP contribution in [0, 0.1) is 6.92 Å². The number of amides is 2. The van der Waals surface area contributed by atoms with Gasteiger partial charge in [0.25, 0.3) is 11.8 Å². The Kier molecular flexibility index (Phi) is 4.68. The monoisotopic (exact) mass is 390 g/mol. The van der Waals surface area contributed by atoms with Gasteiger partial charge in [-0.15, -0.1) is 0 Å². The molecule has 0 radical (unpaired) electrons. The minimum Gasteiger partial charge on any atom is -0.378 e. The number of benzene rings is 2. The largest absolute Gasteiger partial charge is 0.378 e. The van der Waals surface area contributed by atoms with E-state index in [0.29, 0.717) is 17.8 Å². The van der Waals surface area contributed by atoms with Crippen molar-refractivity contribution in [2.45, 2.75) is 26.0 Å². The molecule has 1 aliphatic rings. The molecule has 1 aromatic heterocycles. The van der Waals surface area contributed by atoms with E-state index in [1.165, 1.54) is 11.8 Å². The Hall–Kier alpha value is -3.45. The number of hydrogen-bond acceptors (Lipinski definition) is 4. The number of carbonyl (C=O) groups excluding carboxylic acids is 2. The maximum Gasteiger partial charge on any atom is 0.257 e. The fourth-order valence-electron chi connectivity index (χ4n) is 3.41. The van der Waals surface area contributed by atoms with E-state index in [0.717, 1.165) is 16.9 Å². The molecule has 7 heteroatoms. The lowest BCUT2D eigenvalue weighted by molar-refractivity contribution is -0.133. The van der Waals surface area contributed by atoms with Crippen LogP contribution < -0.4 is 5.32 Å². The first-order valence-corrected chi connectivity index (χ1v) is 9.37. The number of aromatic nitrogens is 2. The standard InChI is InChI=1S/C22H22N4O3/c1-15-11-12-26(24-15)18-9-7-17(8-10-18)23-21(28)22(2,29)14-25-13-16-5-3-4-6-19(16)20(25)27/h3-12,29H,13-14H2,1-2H3,(H,23,28). The van der Waals surface area contributed by atoms with E-state index in [2.05, 4.69) is 10.4 Å². The maximum atomic E-state index is 12.6. The fraction of sp³-hybridized carbons (Fsp3) is 0.227. The predicted molar refractivity (Wildman–Crippen MR) is 109 cm³/mol. The number of anilines is 1. The zero-order chi connectivity index (χ0) is 20.6. The van der Waals surface area contributed by atoms with Crippen LogP contribution in [0.3, 0.4) is 0 Å². The first kappa shape index (κ1) is 18.9. The van der Waals surface area contributed by atoms with Crippen LogP contribution in [-0.2, 0) is 11.3 Å². The summed E-state index contributed by atoms with van der Waals surface area (Å²) in [7, 11) is 0. The Bertz CT molecular complexity index is 1070. The van der Waals surface area contributed by atoms with Crippen LogP contribution in [-0.4, -0.2) is 43.7 Å². The molecule has 1 unspecified atom stereocenters. The molecular weight excluding hydrogens is 368 g/mol. The van der Waals surface area contributed by atoms with Crippen LogP contribution >= 0.6 is 0 Å². The van der Waals surface area contributed by atoms with Crippen molar-refractivity contribution in [1.82, 2.24) is 14.7 Å². The van der Waals surface area contributed by atoms with E-state index in [9.17, 15) is 14.7 Å². The Morgan fingerprint density at radius 3 is 2.55 bits per heavy atom. The Balaban J connectivity index is 1.42. The summed E-state index contributed by atoms with van der Waals surface area (Å²) in [5.74, 6) is -0.739. The Morgan fingerprint density at radius 1 is 1.17 bits per heavy atom. The summed E-state index contributed by atoms with van der Waals surface area (Å²) in [6, 6.07) is 16.4. The summed E-state index contributed by atoms with van der Waals surface area (Å²) >= 11 is 0. The molecule has 1 aliphatic heterocycles. The zero-order valence-electron chi connectivity index (χ0n) is 16.3. The van der Waals surface area contributed by atoms with Gasteiger partial charge in [-0.25, -0.2) is 4.68 Å². The highest BCUT2D eigenvalue weighted by atomic mass is 16.3. The summed E-state index contributed by atoms with van der Waals surface area (Å²) in [6.07, 6.45) is 1.86. The van der Waals surface area contributed by atoms with Gasteiger partial charge in [0, 0.05) is 24.0 Å². The van der Waals surface area contributed by atoms with Crippen molar-refractivity contribution in [3.8, 4) is 5.69 Å². The van der Waals surface area contributed by atoms with Crippen LogP contribution in [0.5, 0.6) is 0 Å². The number of β-amino-alcohol motifs (C(OH)–C–C–N with tert-alkyl or cyclic N) is 1. The first-order valence-electron chi connectivity index (χ1n) is 9.37. The predicted octanol–water partition coefficient (Wildman–Crippen LogP) is 2.53. The molecule has 0 aliphatic carbocycles.